The van der Waals surface area contributed by atoms with Gasteiger partial charge in [-0.05, 0) is 38.6 Å². The van der Waals surface area contributed by atoms with Crippen LogP contribution in [0, 0.1) is 0 Å². The Kier molecular flexibility index (Phi) is 4.74. The Labute approximate surface area is 126 Å². The smallest absolute Gasteiger partial charge is 0.218 e. The Morgan fingerprint density at radius 1 is 1.15 bits per heavy atom. The molecule has 2 unspecified atom stereocenters. The summed E-state index contributed by atoms with van der Waals surface area (Å²) in [4.78, 5) is 2.22. The lowest BCUT2D eigenvalue weighted by Gasteiger charge is -2.41. The van der Waals surface area contributed by atoms with Gasteiger partial charge < -0.3 is 0 Å². The first-order valence-electron chi connectivity index (χ1n) is 6.74. The summed E-state index contributed by atoms with van der Waals surface area (Å²) in [5.41, 5.74) is 0.772. The van der Waals surface area contributed by atoms with Crippen molar-refractivity contribution in [2.24, 2.45) is 0 Å². The number of rotatable bonds is 3. The first kappa shape index (κ1) is 15.8. The van der Waals surface area contributed by atoms with Crippen LogP contribution >= 0.6 is 11.6 Å². The monoisotopic (exact) mass is 316 g/mol. The third-order valence-corrected chi connectivity index (χ3v) is 6.02. The molecule has 4 nitrogen and oxygen atoms in total. The minimum Gasteiger partial charge on any atom is -0.298 e. The summed E-state index contributed by atoms with van der Waals surface area (Å²) in [6.45, 7) is 5.22. The maximum atomic E-state index is 12.5. The summed E-state index contributed by atoms with van der Waals surface area (Å²) in [5.74, 6) is 0.0350. The van der Waals surface area contributed by atoms with E-state index < -0.39 is 10.0 Å². The maximum Gasteiger partial charge on any atom is 0.218 e. The van der Waals surface area contributed by atoms with Crippen LogP contribution in [0.15, 0.2) is 24.3 Å². The fraction of sp³-hybridized carbons (Fsp3) is 0.571. The second-order valence-electron chi connectivity index (χ2n) is 5.56. The van der Waals surface area contributed by atoms with Crippen molar-refractivity contribution in [2.45, 2.75) is 31.7 Å². The van der Waals surface area contributed by atoms with Crippen molar-refractivity contribution in [3.63, 3.8) is 0 Å². The standard InChI is InChI=1S/C14H21ClN2O2S/c1-11-8-17(9-12(2)16(11)3)20(18,19)10-13-4-6-14(15)7-5-13/h4-7,11-12H,8-10H2,1-3H3. The molecule has 1 aliphatic heterocycles. The van der Waals surface area contributed by atoms with Crippen LogP contribution in [-0.4, -0.2) is 49.8 Å². The number of likely N-dealkylation sites (N-methyl/N-ethyl adjacent to an activating group) is 1. The minimum absolute atomic E-state index is 0.0350. The molecule has 1 fully saturated rings. The van der Waals surface area contributed by atoms with Crippen LogP contribution in [0.25, 0.3) is 0 Å². The molecule has 0 amide bonds. The van der Waals surface area contributed by atoms with Crippen LogP contribution < -0.4 is 0 Å². The molecular formula is C14H21ClN2O2S. The van der Waals surface area contributed by atoms with Crippen LogP contribution in [0.2, 0.25) is 5.02 Å². The molecule has 112 valence electrons. The number of hydrogen-bond acceptors (Lipinski definition) is 3. The van der Waals surface area contributed by atoms with Gasteiger partial charge in [0, 0.05) is 30.2 Å². The van der Waals surface area contributed by atoms with Gasteiger partial charge in [-0.2, -0.15) is 4.31 Å². The average molecular weight is 317 g/mol. The number of hydrogen-bond donors (Lipinski definition) is 0. The van der Waals surface area contributed by atoms with Crippen LogP contribution in [-0.2, 0) is 15.8 Å². The van der Waals surface area contributed by atoms with E-state index in [1.807, 2.05) is 7.05 Å². The van der Waals surface area contributed by atoms with E-state index in [1.54, 1.807) is 28.6 Å². The van der Waals surface area contributed by atoms with Gasteiger partial charge in [-0.3, -0.25) is 4.90 Å². The topological polar surface area (TPSA) is 40.6 Å². The molecule has 1 aliphatic rings. The summed E-state index contributed by atoms with van der Waals surface area (Å²) in [7, 11) is -1.23. The number of piperazine rings is 1. The fourth-order valence-corrected chi connectivity index (χ4v) is 4.27. The maximum absolute atomic E-state index is 12.5. The molecule has 1 aromatic rings. The van der Waals surface area contributed by atoms with E-state index in [-0.39, 0.29) is 17.8 Å². The van der Waals surface area contributed by atoms with Crippen molar-refractivity contribution in [2.75, 3.05) is 20.1 Å². The zero-order chi connectivity index (χ0) is 14.9. The van der Waals surface area contributed by atoms with Gasteiger partial charge in [-0.25, -0.2) is 8.42 Å². The number of benzene rings is 1. The SMILES string of the molecule is CC1CN(S(=O)(=O)Cc2ccc(Cl)cc2)CC(C)N1C. The Hall–Kier alpha value is -0.620. The molecular weight excluding hydrogens is 296 g/mol. The van der Waals surface area contributed by atoms with E-state index in [1.165, 1.54) is 0 Å². The highest BCUT2D eigenvalue weighted by atomic mass is 35.5. The van der Waals surface area contributed by atoms with E-state index in [0.29, 0.717) is 18.1 Å². The van der Waals surface area contributed by atoms with E-state index in [0.717, 1.165) is 5.56 Å². The van der Waals surface area contributed by atoms with Crippen LogP contribution in [0.1, 0.15) is 19.4 Å². The number of nitrogens with zero attached hydrogens (tertiary/aromatic N) is 2. The van der Waals surface area contributed by atoms with E-state index in [9.17, 15) is 8.42 Å². The Morgan fingerprint density at radius 3 is 2.15 bits per heavy atom. The van der Waals surface area contributed by atoms with Gasteiger partial charge in [-0.1, -0.05) is 23.7 Å². The quantitative estimate of drug-likeness (QED) is 0.858. The summed E-state index contributed by atoms with van der Waals surface area (Å²) >= 11 is 5.82. The third kappa shape index (κ3) is 3.52. The zero-order valence-electron chi connectivity index (χ0n) is 12.1. The van der Waals surface area contributed by atoms with Crippen molar-refractivity contribution < 1.29 is 8.42 Å². The van der Waals surface area contributed by atoms with Crippen LogP contribution in [0.3, 0.4) is 0 Å². The highest BCUT2D eigenvalue weighted by Crippen LogP contribution is 2.20. The van der Waals surface area contributed by atoms with E-state index in [4.69, 9.17) is 11.6 Å². The fourth-order valence-electron chi connectivity index (χ4n) is 2.47. The predicted molar refractivity (Wildman–Crippen MR) is 82.3 cm³/mol. The molecule has 0 saturated carbocycles. The molecule has 2 rings (SSSR count). The Bertz CT molecular complexity index is 547. The van der Waals surface area contributed by atoms with Gasteiger partial charge in [0.15, 0.2) is 0 Å². The van der Waals surface area contributed by atoms with E-state index >= 15 is 0 Å². The molecule has 0 aromatic heterocycles. The molecule has 20 heavy (non-hydrogen) atoms. The highest BCUT2D eigenvalue weighted by molar-refractivity contribution is 7.88. The first-order chi connectivity index (χ1) is 9.29. The van der Waals surface area contributed by atoms with Crippen LogP contribution in [0.4, 0.5) is 0 Å². The lowest BCUT2D eigenvalue weighted by Crippen LogP contribution is -2.56. The van der Waals surface area contributed by atoms with Gasteiger partial charge in [0.05, 0.1) is 5.75 Å². The first-order valence-corrected chi connectivity index (χ1v) is 8.72. The molecule has 0 spiro atoms. The van der Waals surface area contributed by atoms with Crippen molar-refractivity contribution in [3.8, 4) is 0 Å². The molecule has 1 saturated heterocycles. The van der Waals surface area contributed by atoms with Crippen molar-refractivity contribution in [1.82, 2.24) is 9.21 Å². The van der Waals surface area contributed by atoms with Crippen molar-refractivity contribution in [3.05, 3.63) is 34.9 Å². The highest BCUT2D eigenvalue weighted by Gasteiger charge is 2.33. The Morgan fingerprint density at radius 2 is 1.65 bits per heavy atom. The molecule has 6 heteroatoms. The lowest BCUT2D eigenvalue weighted by molar-refractivity contribution is 0.105. The predicted octanol–water partition coefficient (Wildman–Crippen LogP) is 2.19. The largest absolute Gasteiger partial charge is 0.298 e. The summed E-state index contributed by atoms with van der Waals surface area (Å²) in [6, 6.07) is 7.45. The molecule has 0 aliphatic carbocycles. The van der Waals surface area contributed by atoms with Gasteiger partial charge >= 0.3 is 0 Å². The number of sulfonamides is 1. The van der Waals surface area contributed by atoms with Gasteiger partial charge in [0.1, 0.15) is 0 Å². The minimum atomic E-state index is -3.27. The summed E-state index contributed by atoms with van der Waals surface area (Å²) in [6.07, 6.45) is 0. The molecule has 1 heterocycles. The zero-order valence-corrected chi connectivity index (χ0v) is 13.7. The summed E-state index contributed by atoms with van der Waals surface area (Å²) < 4.78 is 26.6. The van der Waals surface area contributed by atoms with Crippen LogP contribution in [0.5, 0.6) is 0 Å². The average Bonchev–Trinajstić information content (AvgIpc) is 2.38. The second kappa shape index (κ2) is 6.02. The molecule has 0 radical (unpaired) electrons. The molecule has 1 aromatic carbocycles. The van der Waals surface area contributed by atoms with E-state index in [2.05, 4.69) is 18.7 Å². The number of halogens is 1. The molecule has 0 N–H and O–H groups in total. The molecule has 2 atom stereocenters. The lowest BCUT2D eigenvalue weighted by atomic mass is 10.1. The normalized spacial score (nSPS) is 25.8. The Balaban J connectivity index is 2.12. The van der Waals surface area contributed by atoms with Gasteiger partial charge in [0.25, 0.3) is 0 Å². The second-order valence-corrected chi connectivity index (χ2v) is 7.97. The molecule has 0 bridgehead atoms. The van der Waals surface area contributed by atoms with Crippen molar-refractivity contribution in [1.29, 1.82) is 0 Å². The van der Waals surface area contributed by atoms with Gasteiger partial charge in [0.2, 0.25) is 10.0 Å². The van der Waals surface area contributed by atoms with Crippen molar-refractivity contribution >= 4 is 21.6 Å². The third-order valence-electron chi connectivity index (χ3n) is 3.98. The van der Waals surface area contributed by atoms with Gasteiger partial charge in [-0.15, -0.1) is 0 Å². The summed E-state index contributed by atoms with van der Waals surface area (Å²) in [5, 5.41) is 0.619.